The van der Waals surface area contributed by atoms with Crippen LogP contribution in [0.2, 0.25) is 10.0 Å². The van der Waals surface area contributed by atoms with Gasteiger partial charge in [0.2, 0.25) is 5.79 Å². The topological polar surface area (TPSA) is 109 Å². The molecule has 0 saturated carbocycles. The fourth-order valence-corrected chi connectivity index (χ4v) is 3.29. The molecule has 0 radical (unpaired) electrons. The lowest BCUT2D eigenvalue weighted by Crippen LogP contribution is -2.34. The molecule has 0 aliphatic carbocycles. The second kappa shape index (κ2) is 10.6. The van der Waals surface area contributed by atoms with Gasteiger partial charge in [0.1, 0.15) is 6.10 Å². The molecule has 1 N–H and O–H groups in total. The van der Waals surface area contributed by atoms with E-state index in [1.54, 1.807) is 24.7 Å². The van der Waals surface area contributed by atoms with Gasteiger partial charge in [-0.05, 0) is 18.6 Å². The van der Waals surface area contributed by atoms with Gasteiger partial charge in [-0.2, -0.15) is 0 Å². The van der Waals surface area contributed by atoms with Crippen molar-refractivity contribution in [1.29, 1.82) is 0 Å². The van der Waals surface area contributed by atoms with E-state index in [0.717, 1.165) is 12.0 Å². The lowest BCUT2D eigenvalue weighted by Gasteiger charge is -2.30. The molecule has 1 aliphatic rings. The lowest BCUT2D eigenvalue weighted by molar-refractivity contribution is -0.742. The molecule has 154 valence electrons. The Morgan fingerprint density at radius 3 is 2.86 bits per heavy atom. The van der Waals surface area contributed by atoms with Crippen LogP contribution in [-0.2, 0) is 26.5 Å². The van der Waals surface area contributed by atoms with E-state index in [4.69, 9.17) is 52.7 Å². The van der Waals surface area contributed by atoms with Crippen LogP contribution >= 0.6 is 23.2 Å². The lowest BCUT2D eigenvalue weighted by atomic mass is 10.1. The molecule has 9 nitrogen and oxygen atoms in total. The molecular weight excluding hydrogens is 413 g/mol. The number of ether oxygens (including phenoxy) is 3. The van der Waals surface area contributed by atoms with Gasteiger partial charge in [0.15, 0.2) is 0 Å². The maximum atomic E-state index is 8.36. The van der Waals surface area contributed by atoms with Gasteiger partial charge in [0.05, 0.1) is 31.1 Å². The summed E-state index contributed by atoms with van der Waals surface area (Å²) in [6, 6.07) is 5.32. The van der Waals surface area contributed by atoms with Crippen LogP contribution < -0.4 is 0 Å². The maximum absolute atomic E-state index is 8.36. The number of nitrogens with zero attached hydrogens (tertiary/aromatic N) is 3. The SMILES string of the molecule is CCCOCC1COC(Cn2ccnc2)(c2ccc(Cl)cc2Cl)O1.O=[N+]([O-])O. The molecule has 0 spiro atoms. The van der Waals surface area contributed by atoms with E-state index >= 15 is 0 Å². The zero-order valence-electron chi connectivity index (χ0n) is 15.2. The minimum absolute atomic E-state index is 0.146. The van der Waals surface area contributed by atoms with E-state index in [1.807, 2.05) is 16.8 Å². The minimum atomic E-state index is -1.50. The molecule has 1 saturated heterocycles. The highest BCUT2D eigenvalue weighted by molar-refractivity contribution is 6.35. The van der Waals surface area contributed by atoms with Crippen molar-refractivity contribution in [2.75, 3.05) is 19.8 Å². The summed E-state index contributed by atoms with van der Waals surface area (Å²) >= 11 is 12.4. The molecule has 2 atom stereocenters. The largest absolute Gasteiger partial charge is 0.379 e. The summed E-state index contributed by atoms with van der Waals surface area (Å²) in [4.78, 5) is 12.4. The fraction of sp³-hybridized carbons (Fsp3) is 0.471. The van der Waals surface area contributed by atoms with Crippen molar-refractivity contribution >= 4 is 23.2 Å². The average molecular weight is 434 g/mol. The Kier molecular flexibility index (Phi) is 8.46. The van der Waals surface area contributed by atoms with Gasteiger partial charge in [-0.15, -0.1) is 10.1 Å². The smallest absolute Gasteiger partial charge is 0.291 e. The maximum Gasteiger partial charge on any atom is 0.291 e. The second-order valence-corrected chi connectivity index (χ2v) is 6.82. The Morgan fingerprint density at radius 1 is 1.50 bits per heavy atom. The van der Waals surface area contributed by atoms with Crippen molar-refractivity contribution in [3.05, 3.63) is 62.6 Å². The first-order valence-corrected chi connectivity index (χ1v) is 9.26. The molecule has 1 aromatic carbocycles. The van der Waals surface area contributed by atoms with Crippen molar-refractivity contribution in [3.8, 4) is 0 Å². The molecule has 1 aromatic heterocycles. The van der Waals surface area contributed by atoms with Crippen LogP contribution in [0.1, 0.15) is 18.9 Å². The Labute approximate surface area is 171 Å². The zero-order valence-corrected chi connectivity index (χ0v) is 16.7. The normalized spacial score (nSPS) is 21.2. The van der Waals surface area contributed by atoms with E-state index in [2.05, 4.69) is 11.9 Å². The third-order valence-electron chi connectivity index (χ3n) is 3.80. The summed E-state index contributed by atoms with van der Waals surface area (Å²) in [5.41, 5.74) is 0.750. The molecule has 1 aliphatic heterocycles. The highest BCUT2D eigenvalue weighted by Gasteiger charge is 2.45. The van der Waals surface area contributed by atoms with Crippen LogP contribution in [0.4, 0.5) is 0 Å². The van der Waals surface area contributed by atoms with Gasteiger partial charge in [0.25, 0.3) is 5.09 Å². The molecule has 3 rings (SSSR count). The first kappa shape index (κ1) is 22.4. The fourth-order valence-electron chi connectivity index (χ4n) is 2.73. The van der Waals surface area contributed by atoms with Crippen LogP contribution in [0.25, 0.3) is 0 Å². The summed E-state index contributed by atoms with van der Waals surface area (Å²) in [5, 5.41) is 14.7. The predicted molar refractivity (Wildman–Crippen MR) is 101 cm³/mol. The van der Waals surface area contributed by atoms with E-state index in [0.29, 0.717) is 36.4 Å². The molecule has 0 amide bonds. The zero-order chi connectivity index (χ0) is 20.6. The van der Waals surface area contributed by atoms with E-state index < -0.39 is 10.9 Å². The van der Waals surface area contributed by atoms with Gasteiger partial charge in [-0.25, -0.2) is 4.98 Å². The molecule has 2 aromatic rings. The summed E-state index contributed by atoms with van der Waals surface area (Å²) in [6.45, 7) is 4.15. The van der Waals surface area contributed by atoms with Gasteiger partial charge in [0, 0.05) is 29.6 Å². The summed E-state index contributed by atoms with van der Waals surface area (Å²) in [6.07, 6.45) is 6.12. The van der Waals surface area contributed by atoms with Crippen molar-refractivity contribution in [1.82, 2.24) is 9.55 Å². The highest BCUT2D eigenvalue weighted by Crippen LogP contribution is 2.40. The molecule has 11 heteroatoms. The summed E-state index contributed by atoms with van der Waals surface area (Å²) in [7, 11) is 0. The number of benzene rings is 1. The number of hydrogen-bond donors (Lipinski definition) is 1. The molecule has 1 fully saturated rings. The van der Waals surface area contributed by atoms with Crippen LogP contribution in [0, 0.1) is 10.1 Å². The van der Waals surface area contributed by atoms with Crippen molar-refractivity contribution < 1.29 is 24.5 Å². The number of imidazole rings is 1. The number of rotatable bonds is 7. The first-order valence-electron chi connectivity index (χ1n) is 8.50. The monoisotopic (exact) mass is 433 g/mol. The number of halogens is 2. The van der Waals surface area contributed by atoms with Gasteiger partial charge in [-0.1, -0.05) is 36.2 Å². The van der Waals surface area contributed by atoms with Crippen LogP contribution in [0.5, 0.6) is 0 Å². The third-order valence-corrected chi connectivity index (χ3v) is 4.35. The molecule has 0 bridgehead atoms. The summed E-state index contributed by atoms with van der Waals surface area (Å²) in [5.74, 6) is -0.984. The average Bonchev–Trinajstić information content (AvgIpc) is 3.26. The second-order valence-electron chi connectivity index (χ2n) is 5.98. The minimum Gasteiger partial charge on any atom is -0.379 e. The van der Waals surface area contributed by atoms with Crippen LogP contribution in [-0.4, -0.2) is 45.8 Å². The van der Waals surface area contributed by atoms with E-state index in [1.165, 1.54) is 0 Å². The van der Waals surface area contributed by atoms with Crippen molar-refractivity contribution in [3.63, 3.8) is 0 Å². The third kappa shape index (κ3) is 6.32. The van der Waals surface area contributed by atoms with Gasteiger partial charge >= 0.3 is 0 Å². The van der Waals surface area contributed by atoms with Gasteiger partial charge in [-0.3, -0.25) is 0 Å². The molecule has 28 heavy (non-hydrogen) atoms. The van der Waals surface area contributed by atoms with Crippen LogP contribution in [0.3, 0.4) is 0 Å². The standard InChI is InChI=1S/C17H20Cl2N2O3.HNO3/c1-2-7-22-9-14-10-23-17(24-14,11-21-6-5-20-12-21)15-4-3-13(18)8-16(15)19;2-1(3)4/h3-6,8,12,14H,2,7,9-11H2,1H3;(H,2,3,4). The quantitative estimate of drug-likeness (QED) is 0.403. The highest BCUT2D eigenvalue weighted by atomic mass is 35.5. The van der Waals surface area contributed by atoms with E-state index in [-0.39, 0.29) is 6.10 Å². The van der Waals surface area contributed by atoms with Crippen LogP contribution in [0.15, 0.2) is 36.9 Å². The number of hydrogen-bond acceptors (Lipinski definition) is 6. The van der Waals surface area contributed by atoms with Gasteiger partial charge < -0.3 is 24.0 Å². The Hall–Kier alpha value is -1.91. The Morgan fingerprint density at radius 2 is 2.25 bits per heavy atom. The molecule has 2 heterocycles. The molecule has 2 unspecified atom stereocenters. The Balaban J connectivity index is 0.000000640. The number of aromatic nitrogens is 2. The summed E-state index contributed by atoms with van der Waals surface area (Å²) < 4.78 is 19.8. The Bertz CT molecular complexity index is 757. The first-order chi connectivity index (χ1) is 13.4. The predicted octanol–water partition coefficient (Wildman–Crippen LogP) is 3.54. The van der Waals surface area contributed by atoms with Crippen molar-refractivity contribution in [2.45, 2.75) is 31.8 Å². The van der Waals surface area contributed by atoms with Crippen molar-refractivity contribution in [2.24, 2.45) is 0 Å². The van der Waals surface area contributed by atoms with E-state index in [9.17, 15) is 0 Å². The molecular formula is C17H21Cl2N3O6.